The third-order valence-electron chi connectivity index (χ3n) is 4.26. The van der Waals surface area contributed by atoms with Crippen LogP contribution in [0, 0.1) is 6.92 Å². The molecule has 2 heterocycles. The molecule has 3 rings (SSSR count). The summed E-state index contributed by atoms with van der Waals surface area (Å²) in [5.41, 5.74) is 6.05. The molecule has 0 amide bonds. The van der Waals surface area contributed by atoms with Crippen LogP contribution in [0.15, 0.2) is 24.5 Å². The van der Waals surface area contributed by atoms with E-state index in [0.717, 1.165) is 30.8 Å². The standard InChI is InChI=1S/C17H21N3O/c1-4-20-11-5-6-13-12(2)14(7-8-15(13)20)16-17(21-3)19-10-9-18-16/h7-10H,4-6,11H2,1-3H3. The summed E-state index contributed by atoms with van der Waals surface area (Å²) < 4.78 is 5.36. The highest BCUT2D eigenvalue weighted by molar-refractivity contribution is 5.74. The van der Waals surface area contributed by atoms with E-state index in [1.807, 2.05) is 0 Å². The Morgan fingerprint density at radius 1 is 1.24 bits per heavy atom. The Bertz CT molecular complexity index is 654. The molecule has 0 atom stereocenters. The lowest BCUT2D eigenvalue weighted by Gasteiger charge is -2.32. The van der Waals surface area contributed by atoms with Crippen molar-refractivity contribution in [1.29, 1.82) is 0 Å². The fourth-order valence-corrected chi connectivity index (χ4v) is 3.17. The summed E-state index contributed by atoms with van der Waals surface area (Å²) in [6.45, 7) is 6.60. The lowest BCUT2D eigenvalue weighted by molar-refractivity contribution is 0.397. The van der Waals surface area contributed by atoms with Gasteiger partial charge in [0.2, 0.25) is 5.88 Å². The normalized spacial score (nSPS) is 14.0. The van der Waals surface area contributed by atoms with Gasteiger partial charge < -0.3 is 9.64 Å². The van der Waals surface area contributed by atoms with Crippen LogP contribution in [0.25, 0.3) is 11.3 Å². The van der Waals surface area contributed by atoms with Crippen LogP contribution >= 0.6 is 0 Å². The zero-order valence-corrected chi connectivity index (χ0v) is 12.9. The maximum Gasteiger partial charge on any atom is 0.240 e. The molecule has 110 valence electrons. The van der Waals surface area contributed by atoms with Crippen LogP contribution < -0.4 is 9.64 Å². The van der Waals surface area contributed by atoms with E-state index in [9.17, 15) is 0 Å². The monoisotopic (exact) mass is 283 g/mol. The van der Waals surface area contributed by atoms with Gasteiger partial charge in [-0.25, -0.2) is 9.97 Å². The van der Waals surface area contributed by atoms with Gasteiger partial charge in [-0.3, -0.25) is 0 Å². The van der Waals surface area contributed by atoms with Gasteiger partial charge >= 0.3 is 0 Å². The van der Waals surface area contributed by atoms with Crippen molar-refractivity contribution in [1.82, 2.24) is 9.97 Å². The molecule has 0 spiro atoms. The Hall–Kier alpha value is -2.10. The first-order valence-corrected chi connectivity index (χ1v) is 7.49. The molecule has 0 bridgehead atoms. The highest BCUT2D eigenvalue weighted by atomic mass is 16.5. The number of aromatic nitrogens is 2. The van der Waals surface area contributed by atoms with E-state index in [1.54, 1.807) is 19.5 Å². The summed E-state index contributed by atoms with van der Waals surface area (Å²) in [5, 5.41) is 0. The molecule has 0 radical (unpaired) electrons. The van der Waals surface area contributed by atoms with E-state index in [0.29, 0.717) is 5.88 Å². The van der Waals surface area contributed by atoms with Gasteiger partial charge in [0.25, 0.3) is 0 Å². The molecule has 2 aromatic rings. The second-order valence-corrected chi connectivity index (χ2v) is 5.33. The third kappa shape index (κ3) is 2.35. The topological polar surface area (TPSA) is 38.2 Å². The number of anilines is 1. The lowest BCUT2D eigenvalue weighted by atomic mass is 9.92. The van der Waals surface area contributed by atoms with Crippen molar-refractivity contribution < 1.29 is 4.74 Å². The van der Waals surface area contributed by atoms with Crippen molar-refractivity contribution in [3.8, 4) is 17.1 Å². The van der Waals surface area contributed by atoms with Gasteiger partial charge in [-0.15, -0.1) is 0 Å². The van der Waals surface area contributed by atoms with Gasteiger partial charge in [0.05, 0.1) is 7.11 Å². The number of rotatable bonds is 3. The van der Waals surface area contributed by atoms with Crippen LogP contribution in [0.5, 0.6) is 5.88 Å². The minimum Gasteiger partial charge on any atom is -0.479 e. The molecule has 4 nitrogen and oxygen atoms in total. The van der Waals surface area contributed by atoms with Crippen LogP contribution in [0.4, 0.5) is 5.69 Å². The molecule has 21 heavy (non-hydrogen) atoms. The molecule has 0 saturated heterocycles. The van der Waals surface area contributed by atoms with Crippen LogP contribution in [-0.4, -0.2) is 30.2 Å². The first-order valence-electron chi connectivity index (χ1n) is 7.49. The molecule has 0 unspecified atom stereocenters. The molecule has 1 aromatic heterocycles. The Kier molecular flexibility index (Phi) is 3.78. The summed E-state index contributed by atoms with van der Waals surface area (Å²) in [6.07, 6.45) is 5.72. The molecule has 0 N–H and O–H groups in total. The number of hydrogen-bond acceptors (Lipinski definition) is 4. The van der Waals surface area contributed by atoms with E-state index >= 15 is 0 Å². The van der Waals surface area contributed by atoms with Crippen LogP contribution in [0.3, 0.4) is 0 Å². The number of benzene rings is 1. The van der Waals surface area contributed by atoms with E-state index in [2.05, 4.69) is 40.8 Å². The van der Waals surface area contributed by atoms with Crippen molar-refractivity contribution >= 4 is 5.69 Å². The Morgan fingerprint density at radius 2 is 2.05 bits per heavy atom. The number of ether oxygens (including phenoxy) is 1. The van der Waals surface area contributed by atoms with Crippen LogP contribution in [0.1, 0.15) is 24.5 Å². The molecule has 4 heteroatoms. The maximum absolute atomic E-state index is 5.36. The molecule has 0 aliphatic carbocycles. The maximum atomic E-state index is 5.36. The van der Waals surface area contributed by atoms with E-state index in [-0.39, 0.29) is 0 Å². The van der Waals surface area contributed by atoms with E-state index in [4.69, 9.17) is 4.74 Å². The molecule has 0 saturated carbocycles. The van der Waals surface area contributed by atoms with Gasteiger partial charge in [-0.2, -0.15) is 0 Å². The van der Waals surface area contributed by atoms with Gasteiger partial charge in [0.15, 0.2) is 0 Å². The van der Waals surface area contributed by atoms with Gasteiger partial charge in [-0.05, 0) is 43.9 Å². The first kappa shape index (κ1) is 13.9. The van der Waals surface area contributed by atoms with Crippen molar-refractivity contribution in [3.63, 3.8) is 0 Å². The second kappa shape index (κ2) is 5.72. The quantitative estimate of drug-likeness (QED) is 0.867. The first-order chi connectivity index (χ1) is 10.3. The fourth-order valence-electron chi connectivity index (χ4n) is 3.17. The largest absolute Gasteiger partial charge is 0.479 e. The van der Waals surface area contributed by atoms with Crippen LogP contribution in [0.2, 0.25) is 0 Å². The van der Waals surface area contributed by atoms with E-state index in [1.165, 1.54) is 23.2 Å². The average molecular weight is 283 g/mol. The van der Waals surface area contributed by atoms with Gasteiger partial charge in [0, 0.05) is 36.7 Å². The molecule has 1 aliphatic rings. The number of nitrogens with zero attached hydrogens (tertiary/aromatic N) is 3. The summed E-state index contributed by atoms with van der Waals surface area (Å²) in [4.78, 5) is 11.2. The smallest absolute Gasteiger partial charge is 0.240 e. The predicted molar refractivity (Wildman–Crippen MR) is 85.0 cm³/mol. The third-order valence-corrected chi connectivity index (χ3v) is 4.26. The number of hydrogen-bond donors (Lipinski definition) is 0. The number of fused-ring (bicyclic) bond motifs is 1. The zero-order valence-electron chi connectivity index (χ0n) is 12.9. The summed E-state index contributed by atoms with van der Waals surface area (Å²) in [7, 11) is 1.64. The highest BCUT2D eigenvalue weighted by Crippen LogP contribution is 2.36. The summed E-state index contributed by atoms with van der Waals surface area (Å²) in [5.74, 6) is 0.587. The van der Waals surface area contributed by atoms with Gasteiger partial charge in [-0.1, -0.05) is 6.07 Å². The Morgan fingerprint density at radius 3 is 2.81 bits per heavy atom. The molecular weight excluding hydrogens is 262 g/mol. The molecule has 1 aliphatic heterocycles. The van der Waals surface area contributed by atoms with Crippen molar-refractivity contribution in [2.45, 2.75) is 26.7 Å². The summed E-state index contributed by atoms with van der Waals surface area (Å²) in [6, 6.07) is 4.36. The molecule has 1 aromatic carbocycles. The second-order valence-electron chi connectivity index (χ2n) is 5.33. The fraction of sp³-hybridized carbons (Fsp3) is 0.412. The highest BCUT2D eigenvalue weighted by Gasteiger charge is 2.21. The predicted octanol–water partition coefficient (Wildman–Crippen LogP) is 3.23. The number of methoxy groups -OCH3 is 1. The Balaban J connectivity index is 2.14. The average Bonchev–Trinajstić information content (AvgIpc) is 2.55. The lowest BCUT2D eigenvalue weighted by Crippen LogP contribution is -2.29. The Labute approximate surface area is 125 Å². The van der Waals surface area contributed by atoms with Crippen molar-refractivity contribution in [3.05, 3.63) is 35.7 Å². The van der Waals surface area contributed by atoms with Crippen molar-refractivity contribution in [2.24, 2.45) is 0 Å². The minimum absolute atomic E-state index is 0.587. The van der Waals surface area contributed by atoms with Crippen molar-refractivity contribution in [2.75, 3.05) is 25.1 Å². The van der Waals surface area contributed by atoms with Crippen LogP contribution in [-0.2, 0) is 6.42 Å². The SMILES string of the molecule is CCN1CCCc2c1ccc(-c1nccnc1OC)c2C. The zero-order chi connectivity index (χ0) is 14.8. The molecule has 0 fully saturated rings. The molecular formula is C17H21N3O. The van der Waals surface area contributed by atoms with E-state index < -0.39 is 0 Å². The minimum atomic E-state index is 0.587. The van der Waals surface area contributed by atoms with Gasteiger partial charge in [0.1, 0.15) is 5.69 Å². The summed E-state index contributed by atoms with van der Waals surface area (Å²) >= 11 is 0.